The van der Waals surface area contributed by atoms with E-state index in [0.717, 1.165) is 53.9 Å². The molecule has 4 aliphatic rings. The van der Waals surface area contributed by atoms with Crippen LogP contribution in [0.15, 0.2) is 35.9 Å². The highest BCUT2D eigenvalue weighted by atomic mass is 16.1. The van der Waals surface area contributed by atoms with E-state index >= 15 is 0 Å². The molecule has 5 rings (SSSR count). The lowest BCUT2D eigenvalue weighted by molar-refractivity contribution is -0.133. The molecule has 4 aliphatic carbocycles. The van der Waals surface area contributed by atoms with E-state index in [2.05, 4.69) is 71.0 Å². The van der Waals surface area contributed by atoms with Crippen molar-refractivity contribution in [3.05, 3.63) is 41.5 Å². The first-order valence-corrected chi connectivity index (χ1v) is 15.0. The Kier molecular flexibility index (Phi) is 7.10. The second-order valence-corrected chi connectivity index (χ2v) is 14.1. The highest BCUT2D eigenvalue weighted by Crippen LogP contribution is 2.68. The maximum Gasteiger partial charge on any atom is 0.159 e. The quantitative estimate of drug-likeness (QED) is 0.375. The first kappa shape index (κ1) is 25.3. The average molecular weight is 475 g/mol. The molecule has 8 atom stereocenters. The Morgan fingerprint density at radius 2 is 1.66 bits per heavy atom. The summed E-state index contributed by atoms with van der Waals surface area (Å²) in [5, 5.41) is 0. The minimum absolute atomic E-state index is 0.305. The molecule has 35 heavy (non-hydrogen) atoms. The molecule has 4 fully saturated rings. The van der Waals surface area contributed by atoms with Gasteiger partial charge in [0.2, 0.25) is 0 Å². The summed E-state index contributed by atoms with van der Waals surface area (Å²) >= 11 is 0. The van der Waals surface area contributed by atoms with Gasteiger partial charge in [0.1, 0.15) is 0 Å². The molecule has 1 nitrogen and oxygen atoms in total. The number of carbonyl (C=O) groups excluding carboxylic acids is 1. The van der Waals surface area contributed by atoms with Gasteiger partial charge in [-0.2, -0.15) is 0 Å². The number of fused-ring (bicyclic) bond motifs is 5. The third-order valence-electron chi connectivity index (χ3n) is 11.8. The molecule has 0 N–H and O–H groups in total. The number of hydrogen-bond acceptors (Lipinski definition) is 1. The normalized spacial score (nSPS) is 40.9. The number of ketones is 1. The van der Waals surface area contributed by atoms with Crippen LogP contribution >= 0.6 is 0 Å². The summed E-state index contributed by atoms with van der Waals surface area (Å²) in [6, 6.07) is 10.5. The molecule has 1 aromatic rings. The maximum absolute atomic E-state index is 13.2. The Bertz CT molecular complexity index is 927. The van der Waals surface area contributed by atoms with Gasteiger partial charge in [-0.1, -0.05) is 84.2 Å². The fraction of sp³-hybridized carbons (Fsp3) is 0.735. The Hall–Kier alpha value is -1.37. The number of carbonyl (C=O) groups is 1. The van der Waals surface area contributed by atoms with Crippen LogP contribution in [0, 0.1) is 52.3 Å². The lowest BCUT2D eigenvalue weighted by Crippen LogP contribution is -2.54. The largest absolute Gasteiger partial charge is 0.295 e. The molecule has 0 radical (unpaired) electrons. The highest BCUT2D eigenvalue weighted by molar-refractivity contribution is 6.00. The van der Waals surface area contributed by atoms with Gasteiger partial charge in [0.25, 0.3) is 0 Å². The Morgan fingerprint density at radius 3 is 2.40 bits per heavy atom. The molecule has 0 spiro atoms. The zero-order valence-corrected chi connectivity index (χ0v) is 23.2. The lowest BCUT2D eigenvalue weighted by Gasteiger charge is -2.60. The van der Waals surface area contributed by atoms with Gasteiger partial charge >= 0.3 is 0 Å². The van der Waals surface area contributed by atoms with Crippen LogP contribution in [0.1, 0.15) is 111 Å². The second kappa shape index (κ2) is 9.83. The number of benzene rings is 1. The summed E-state index contributed by atoms with van der Waals surface area (Å²) in [7, 11) is 0. The van der Waals surface area contributed by atoms with Gasteiger partial charge in [-0.15, -0.1) is 0 Å². The molecule has 0 bridgehead atoms. The van der Waals surface area contributed by atoms with Gasteiger partial charge in [0.05, 0.1) is 0 Å². The average Bonchev–Trinajstić information content (AvgIpc) is 3.18. The number of allylic oxidation sites excluding steroid dienone is 1. The smallest absolute Gasteiger partial charge is 0.159 e. The van der Waals surface area contributed by atoms with Crippen molar-refractivity contribution < 1.29 is 4.79 Å². The topological polar surface area (TPSA) is 17.1 Å². The predicted molar refractivity (Wildman–Crippen MR) is 148 cm³/mol. The SMILES string of the molecule is CC(C)CCC[C@@H](C)[C@@H]1CC[C@@H]2[C@@H]3CC[C@H]4CC(=O)/C(=C\c5ccccc5)C[C@]4(C)[C@H]3CC[C@]21C. The highest BCUT2D eigenvalue weighted by Gasteiger charge is 2.61. The summed E-state index contributed by atoms with van der Waals surface area (Å²) in [6.45, 7) is 12.6. The Morgan fingerprint density at radius 1 is 0.914 bits per heavy atom. The van der Waals surface area contributed by atoms with Crippen molar-refractivity contribution in [3.63, 3.8) is 0 Å². The summed E-state index contributed by atoms with van der Waals surface area (Å²) < 4.78 is 0. The molecule has 4 saturated carbocycles. The number of rotatable bonds is 6. The van der Waals surface area contributed by atoms with Crippen LogP contribution in [0.2, 0.25) is 0 Å². The zero-order valence-electron chi connectivity index (χ0n) is 23.2. The maximum atomic E-state index is 13.2. The van der Waals surface area contributed by atoms with Crippen LogP contribution in [0.4, 0.5) is 0 Å². The predicted octanol–water partition coefficient (Wildman–Crippen LogP) is 9.37. The molecular formula is C34H50O. The summed E-state index contributed by atoms with van der Waals surface area (Å²) in [5.41, 5.74) is 3.15. The second-order valence-electron chi connectivity index (χ2n) is 14.1. The van der Waals surface area contributed by atoms with E-state index in [0.29, 0.717) is 22.5 Å². The van der Waals surface area contributed by atoms with E-state index in [4.69, 9.17) is 0 Å². The fourth-order valence-electron chi connectivity index (χ4n) is 9.92. The van der Waals surface area contributed by atoms with Crippen molar-refractivity contribution >= 4 is 11.9 Å². The van der Waals surface area contributed by atoms with Crippen LogP contribution in [0.3, 0.4) is 0 Å². The van der Waals surface area contributed by atoms with Crippen molar-refractivity contribution in [3.8, 4) is 0 Å². The Balaban J connectivity index is 1.34. The van der Waals surface area contributed by atoms with Gasteiger partial charge in [-0.3, -0.25) is 4.79 Å². The van der Waals surface area contributed by atoms with Crippen molar-refractivity contribution in [1.29, 1.82) is 0 Å². The van der Waals surface area contributed by atoms with Crippen LogP contribution in [-0.4, -0.2) is 5.78 Å². The molecule has 0 saturated heterocycles. The van der Waals surface area contributed by atoms with E-state index in [-0.39, 0.29) is 0 Å². The first-order valence-electron chi connectivity index (χ1n) is 15.0. The van der Waals surface area contributed by atoms with Crippen LogP contribution in [0.5, 0.6) is 0 Å². The molecule has 0 aliphatic heterocycles. The number of Topliss-reactive ketones (excluding diaryl/α,β-unsaturated/α-hetero) is 1. The molecule has 0 unspecified atom stereocenters. The van der Waals surface area contributed by atoms with Gasteiger partial charge in [0, 0.05) is 6.42 Å². The van der Waals surface area contributed by atoms with Crippen molar-refractivity contribution in [2.75, 3.05) is 0 Å². The van der Waals surface area contributed by atoms with Crippen molar-refractivity contribution in [2.45, 2.75) is 105 Å². The van der Waals surface area contributed by atoms with Gasteiger partial charge in [-0.05, 0) is 114 Å². The molecule has 0 heterocycles. The van der Waals surface area contributed by atoms with E-state index in [9.17, 15) is 4.79 Å². The molecule has 0 amide bonds. The van der Waals surface area contributed by atoms with E-state index in [1.54, 1.807) is 0 Å². The summed E-state index contributed by atoms with van der Waals surface area (Å²) in [6.07, 6.45) is 16.6. The summed E-state index contributed by atoms with van der Waals surface area (Å²) in [4.78, 5) is 13.2. The zero-order chi connectivity index (χ0) is 24.8. The van der Waals surface area contributed by atoms with Crippen molar-refractivity contribution in [2.24, 2.45) is 52.3 Å². The van der Waals surface area contributed by atoms with E-state index in [1.807, 2.05) is 0 Å². The third kappa shape index (κ3) is 4.59. The van der Waals surface area contributed by atoms with Gasteiger partial charge < -0.3 is 0 Å². The molecule has 192 valence electrons. The Labute approximate surface area is 215 Å². The van der Waals surface area contributed by atoms with E-state index in [1.165, 1.54) is 63.4 Å². The van der Waals surface area contributed by atoms with E-state index < -0.39 is 0 Å². The number of hydrogen-bond donors (Lipinski definition) is 0. The molecule has 1 aromatic carbocycles. The van der Waals surface area contributed by atoms with Crippen molar-refractivity contribution in [1.82, 2.24) is 0 Å². The standard InChI is InChI=1S/C34H50O/c1-23(2)10-9-11-24(3)29-16-17-30-28-15-14-27-21-32(35)26(20-25-12-7-6-8-13-25)22-34(27,5)31(28)18-19-33(29,30)4/h6-8,12-13,20,23-24,27-31H,9-11,14-19,21-22H2,1-5H3/b26-20-/t24-,27+,28+,29+,30-,31+,33+,34+/m1/s1. The minimum atomic E-state index is 0.305. The van der Waals surface area contributed by atoms with Gasteiger partial charge in [-0.25, -0.2) is 0 Å². The lowest BCUT2D eigenvalue weighted by atomic mass is 9.44. The van der Waals surface area contributed by atoms with Crippen LogP contribution in [-0.2, 0) is 4.79 Å². The first-order chi connectivity index (χ1) is 16.7. The molecule has 0 aromatic heterocycles. The molecular weight excluding hydrogens is 424 g/mol. The minimum Gasteiger partial charge on any atom is -0.295 e. The van der Waals surface area contributed by atoms with Crippen LogP contribution < -0.4 is 0 Å². The summed E-state index contributed by atoms with van der Waals surface area (Å²) in [5.74, 6) is 6.26. The third-order valence-corrected chi connectivity index (χ3v) is 11.8. The monoisotopic (exact) mass is 474 g/mol. The molecule has 1 heteroatoms. The van der Waals surface area contributed by atoms with Crippen LogP contribution in [0.25, 0.3) is 6.08 Å². The van der Waals surface area contributed by atoms with Gasteiger partial charge in [0.15, 0.2) is 5.78 Å². The fourth-order valence-corrected chi connectivity index (χ4v) is 9.92.